The highest BCUT2D eigenvalue weighted by molar-refractivity contribution is 6.34. The standard InChI is InChI=1S/C24H28ClN3O4/c1-3-28(4-2)24(31)19-10-8-17(15-20(19)25)26-22(29)6-5-13-32-18-9-11-21-16(14-18)7-12-23(30)27-21/h8-11,14-15H,3-7,12-13H2,1-2H3,(H,26,29)(H,27,30). The Labute approximate surface area is 193 Å². The first-order chi connectivity index (χ1) is 15.4. The van der Waals surface area contributed by atoms with Gasteiger partial charge in [-0.3, -0.25) is 14.4 Å². The monoisotopic (exact) mass is 457 g/mol. The van der Waals surface area contributed by atoms with Crippen LogP contribution in [0.5, 0.6) is 5.75 Å². The van der Waals surface area contributed by atoms with Crippen molar-refractivity contribution in [1.29, 1.82) is 0 Å². The number of aryl methyl sites for hydroxylation is 1. The molecule has 8 heteroatoms. The molecule has 7 nitrogen and oxygen atoms in total. The number of fused-ring (bicyclic) bond motifs is 1. The summed E-state index contributed by atoms with van der Waals surface area (Å²) in [6, 6.07) is 10.5. The van der Waals surface area contributed by atoms with Crippen molar-refractivity contribution in [2.24, 2.45) is 0 Å². The Morgan fingerprint density at radius 2 is 1.91 bits per heavy atom. The van der Waals surface area contributed by atoms with Gasteiger partial charge in [0.15, 0.2) is 0 Å². The van der Waals surface area contributed by atoms with Crippen LogP contribution < -0.4 is 15.4 Å². The van der Waals surface area contributed by atoms with Crippen LogP contribution in [0.3, 0.4) is 0 Å². The summed E-state index contributed by atoms with van der Waals surface area (Å²) in [6.45, 7) is 5.44. The van der Waals surface area contributed by atoms with E-state index < -0.39 is 0 Å². The van der Waals surface area contributed by atoms with Crippen LogP contribution >= 0.6 is 11.6 Å². The van der Waals surface area contributed by atoms with Crippen molar-refractivity contribution in [1.82, 2.24) is 4.90 Å². The van der Waals surface area contributed by atoms with E-state index in [1.54, 1.807) is 23.1 Å². The number of nitrogens with zero attached hydrogens (tertiary/aromatic N) is 1. The highest BCUT2D eigenvalue weighted by Gasteiger charge is 2.17. The molecular weight excluding hydrogens is 430 g/mol. The van der Waals surface area contributed by atoms with Crippen molar-refractivity contribution in [2.75, 3.05) is 30.3 Å². The number of carbonyl (C=O) groups excluding carboxylic acids is 3. The Bertz CT molecular complexity index is 1000. The Morgan fingerprint density at radius 3 is 2.62 bits per heavy atom. The highest BCUT2D eigenvalue weighted by atomic mass is 35.5. The number of benzene rings is 2. The van der Waals surface area contributed by atoms with E-state index in [1.807, 2.05) is 32.0 Å². The third-order valence-corrected chi connectivity index (χ3v) is 5.64. The van der Waals surface area contributed by atoms with Gasteiger partial charge in [0.2, 0.25) is 11.8 Å². The Morgan fingerprint density at radius 1 is 1.12 bits per heavy atom. The minimum atomic E-state index is -0.152. The van der Waals surface area contributed by atoms with Crippen molar-refractivity contribution in [2.45, 2.75) is 39.5 Å². The second kappa shape index (κ2) is 11.0. The molecule has 32 heavy (non-hydrogen) atoms. The number of nitrogens with one attached hydrogen (secondary N) is 2. The van der Waals surface area contributed by atoms with Crippen LogP contribution in [0.4, 0.5) is 11.4 Å². The molecular formula is C24H28ClN3O4. The predicted molar refractivity (Wildman–Crippen MR) is 125 cm³/mol. The lowest BCUT2D eigenvalue weighted by atomic mass is 10.0. The summed E-state index contributed by atoms with van der Waals surface area (Å²) in [5.74, 6) is 0.476. The van der Waals surface area contributed by atoms with Crippen molar-refractivity contribution in [3.05, 3.63) is 52.5 Å². The maximum Gasteiger partial charge on any atom is 0.255 e. The first-order valence-electron chi connectivity index (χ1n) is 10.9. The number of anilines is 2. The second-order valence-electron chi connectivity index (χ2n) is 7.54. The number of hydrogen-bond acceptors (Lipinski definition) is 4. The number of rotatable bonds is 9. The number of amides is 3. The Kier molecular flexibility index (Phi) is 8.11. The molecule has 2 N–H and O–H groups in total. The lowest BCUT2D eigenvalue weighted by Crippen LogP contribution is -2.30. The molecule has 0 radical (unpaired) electrons. The van der Waals surface area contributed by atoms with Crippen LogP contribution in [0.1, 0.15) is 49.0 Å². The Hall–Kier alpha value is -3.06. The van der Waals surface area contributed by atoms with E-state index in [1.165, 1.54) is 0 Å². The van der Waals surface area contributed by atoms with Crippen LogP contribution in [-0.2, 0) is 16.0 Å². The summed E-state index contributed by atoms with van der Waals surface area (Å²) < 4.78 is 5.75. The van der Waals surface area contributed by atoms with Gasteiger partial charge in [0.1, 0.15) is 5.75 Å². The largest absolute Gasteiger partial charge is 0.494 e. The van der Waals surface area contributed by atoms with Gasteiger partial charge in [-0.05, 0) is 68.7 Å². The van der Waals surface area contributed by atoms with Gasteiger partial charge < -0.3 is 20.3 Å². The van der Waals surface area contributed by atoms with Crippen LogP contribution in [-0.4, -0.2) is 42.3 Å². The van der Waals surface area contributed by atoms with Crippen LogP contribution in [0.2, 0.25) is 5.02 Å². The first kappa shape index (κ1) is 23.6. The third-order valence-electron chi connectivity index (χ3n) is 5.32. The van der Waals surface area contributed by atoms with Crippen LogP contribution in [0, 0.1) is 0 Å². The van der Waals surface area contributed by atoms with Crippen molar-refractivity contribution in [3.8, 4) is 5.75 Å². The summed E-state index contributed by atoms with van der Waals surface area (Å²) in [5.41, 5.74) is 2.86. The molecule has 170 valence electrons. The molecule has 0 spiro atoms. The smallest absolute Gasteiger partial charge is 0.255 e. The summed E-state index contributed by atoms with van der Waals surface area (Å²) >= 11 is 6.28. The molecule has 2 aromatic carbocycles. The topological polar surface area (TPSA) is 87.7 Å². The molecule has 3 rings (SSSR count). The van der Waals surface area contributed by atoms with E-state index >= 15 is 0 Å². The summed E-state index contributed by atoms with van der Waals surface area (Å²) in [6.07, 6.45) is 2.01. The molecule has 0 aliphatic carbocycles. The molecule has 2 aromatic rings. The normalized spacial score (nSPS) is 12.5. The average Bonchev–Trinajstić information content (AvgIpc) is 2.77. The lowest BCUT2D eigenvalue weighted by molar-refractivity contribution is -0.117. The number of hydrogen-bond donors (Lipinski definition) is 2. The van der Waals surface area contributed by atoms with Gasteiger partial charge in [0, 0.05) is 37.3 Å². The number of carbonyl (C=O) groups is 3. The van der Waals surface area contributed by atoms with Crippen LogP contribution in [0.15, 0.2) is 36.4 Å². The molecule has 0 bridgehead atoms. The van der Waals surface area contributed by atoms with E-state index in [-0.39, 0.29) is 17.7 Å². The van der Waals surface area contributed by atoms with Gasteiger partial charge >= 0.3 is 0 Å². The molecule has 1 aliphatic rings. The first-order valence-corrected chi connectivity index (χ1v) is 11.2. The summed E-state index contributed by atoms with van der Waals surface area (Å²) in [5, 5.41) is 5.96. The van der Waals surface area contributed by atoms with E-state index in [0.29, 0.717) is 61.7 Å². The van der Waals surface area contributed by atoms with E-state index in [2.05, 4.69) is 10.6 Å². The minimum Gasteiger partial charge on any atom is -0.494 e. The minimum absolute atomic E-state index is 0.0311. The average molecular weight is 458 g/mol. The van der Waals surface area contributed by atoms with Gasteiger partial charge in [-0.15, -0.1) is 0 Å². The molecule has 3 amide bonds. The number of ether oxygens (including phenoxy) is 1. The zero-order valence-electron chi connectivity index (χ0n) is 18.4. The number of halogens is 1. The van der Waals surface area contributed by atoms with E-state index in [4.69, 9.17) is 16.3 Å². The zero-order valence-corrected chi connectivity index (χ0v) is 19.1. The van der Waals surface area contributed by atoms with Gasteiger partial charge in [0.25, 0.3) is 5.91 Å². The quantitative estimate of drug-likeness (QED) is 0.542. The fourth-order valence-corrected chi connectivity index (χ4v) is 3.80. The third kappa shape index (κ3) is 6.01. The Balaban J connectivity index is 1.45. The SMILES string of the molecule is CCN(CC)C(=O)c1ccc(NC(=O)CCCOc2ccc3c(c2)CCC(=O)N3)cc1Cl. The molecule has 0 saturated carbocycles. The van der Waals surface area contributed by atoms with Gasteiger partial charge in [-0.25, -0.2) is 0 Å². The zero-order chi connectivity index (χ0) is 23.1. The van der Waals surface area contributed by atoms with Crippen molar-refractivity contribution < 1.29 is 19.1 Å². The van der Waals surface area contributed by atoms with Gasteiger partial charge in [-0.2, -0.15) is 0 Å². The molecule has 0 aromatic heterocycles. The van der Waals surface area contributed by atoms with E-state index in [0.717, 1.165) is 17.0 Å². The molecule has 1 heterocycles. The van der Waals surface area contributed by atoms with E-state index in [9.17, 15) is 14.4 Å². The maximum atomic E-state index is 12.5. The summed E-state index contributed by atoms with van der Waals surface area (Å²) in [7, 11) is 0. The van der Waals surface area contributed by atoms with Crippen molar-refractivity contribution >= 4 is 40.7 Å². The fraction of sp³-hybridized carbons (Fsp3) is 0.375. The summed E-state index contributed by atoms with van der Waals surface area (Å²) in [4.78, 5) is 37.8. The van der Waals surface area contributed by atoms with Gasteiger partial charge in [0.05, 0.1) is 17.2 Å². The highest BCUT2D eigenvalue weighted by Crippen LogP contribution is 2.27. The molecule has 0 fully saturated rings. The molecule has 1 aliphatic heterocycles. The molecule has 0 saturated heterocycles. The maximum absolute atomic E-state index is 12.5. The van der Waals surface area contributed by atoms with Gasteiger partial charge in [-0.1, -0.05) is 11.6 Å². The predicted octanol–water partition coefficient (Wildman–Crippen LogP) is 4.50. The van der Waals surface area contributed by atoms with Crippen molar-refractivity contribution in [3.63, 3.8) is 0 Å². The molecule has 0 atom stereocenters. The molecule has 0 unspecified atom stereocenters. The van der Waals surface area contributed by atoms with Crippen LogP contribution in [0.25, 0.3) is 0 Å². The second-order valence-corrected chi connectivity index (χ2v) is 7.95. The lowest BCUT2D eigenvalue weighted by Gasteiger charge is -2.19. The fourth-order valence-electron chi connectivity index (χ4n) is 3.54.